The molecule has 0 radical (unpaired) electrons. The van der Waals surface area contributed by atoms with Gasteiger partial charge in [-0.25, -0.2) is 9.97 Å². The summed E-state index contributed by atoms with van der Waals surface area (Å²) in [5.74, 6) is 0.469. The lowest BCUT2D eigenvalue weighted by atomic mass is 10.2. The number of nitro benzene ring substituents is 1. The van der Waals surface area contributed by atoms with Gasteiger partial charge in [0.05, 0.1) is 4.92 Å². The zero-order valence-electron chi connectivity index (χ0n) is 10.1. The van der Waals surface area contributed by atoms with Crippen LogP contribution in [-0.2, 0) is 0 Å². The Hall–Kier alpha value is -2.27. The summed E-state index contributed by atoms with van der Waals surface area (Å²) < 4.78 is 0. The van der Waals surface area contributed by atoms with E-state index in [2.05, 4.69) is 9.97 Å². The summed E-state index contributed by atoms with van der Waals surface area (Å²) in [6.45, 7) is 1.82. The zero-order valence-corrected chi connectivity index (χ0v) is 10.8. The van der Waals surface area contributed by atoms with Crippen molar-refractivity contribution in [3.63, 3.8) is 0 Å². The van der Waals surface area contributed by atoms with Gasteiger partial charge in [0.15, 0.2) is 5.82 Å². The Morgan fingerprint density at radius 1 is 1.26 bits per heavy atom. The zero-order chi connectivity index (χ0) is 13.8. The molecule has 1 heterocycles. The van der Waals surface area contributed by atoms with Crippen molar-refractivity contribution < 1.29 is 4.92 Å². The van der Waals surface area contributed by atoms with Gasteiger partial charge in [-0.2, -0.15) is 0 Å². The van der Waals surface area contributed by atoms with Crippen LogP contribution in [0.1, 0.15) is 17.1 Å². The van der Waals surface area contributed by atoms with Crippen LogP contribution in [0, 0.1) is 17.0 Å². The van der Waals surface area contributed by atoms with Crippen LogP contribution in [0.5, 0.6) is 0 Å². The monoisotopic (exact) mass is 275 g/mol. The van der Waals surface area contributed by atoms with Gasteiger partial charge in [-0.15, -0.1) is 0 Å². The third kappa shape index (κ3) is 3.59. The van der Waals surface area contributed by atoms with E-state index in [1.165, 1.54) is 12.1 Å². The number of aromatic nitrogens is 2. The van der Waals surface area contributed by atoms with Crippen LogP contribution in [0.3, 0.4) is 0 Å². The molecule has 6 heteroatoms. The van der Waals surface area contributed by atoms with E-state index in [0.29, 0.717) is 16.5 Å². The molecule has 2 rings (SSSR count). The topological polar surface area (TPSA) is 68.9 Å². The minimum Gasteiger partial charge on any atom is -0.258 e. The molecule has 0 aliphatic rings. The first-order chi connectivity index (χ1) is 9.04. The SMILES string of the molecule is Cc1cc(Cl)nc(C=Cc2cccc([N+](=O)[O-])c2)n1. The van der Waals surface area contributed by atoms with Crippen LogP contribution < -0.4 is 0 Å². The van der Waals surface area contributed by atoms with Crippen molar-refractivity contribution in [2.24, 2.45) is 0 Å². The number of aryl methyl sites for hydroxylation is 1. The maximum atomic E-state index is 10.7. The third-order valence-electron chi connectivity index (χ3n) is 2.35. The van der Waals surface area contributed by atoms with E-state index >= 15 is 0 Å². The summed E-state index contributed by atoms with van der Waals surface area (Å²) in [5.41, 5.74) is 1.51. The Kier molecular flexibility index (Phi) is 3.87. The lowest BCUT2D eigenvalue weighted by molar-refractivity contribution is -0.384. The van der Waals surface area contributed by atoms with Gasteiger partial charge in [0.25, 0.3) is 5.69 Å². The second-order valence-electron chi connectivity index (χ2n) is 3.88. The molecule has 19 heavy (non-hydrogen) atoms. The van der Waals surface area contributed by atoms with E-state index in [1.54, 1.807) is 30.4 Å². The first kappa shape index (κ1) is 13.2. The van der Waals surface area contributed by atoms with Gasteiger partial charge >= 0.3 is 0 Å². The normalized spacial score (nSPS) is 10.8. The van der Waals surface area contributed by atoms with Gasteiger partial charge in [0.1, 0.15) is 5.15 Å². The Morgan fingerprint density at radius 3 is 2.74 bits per heavy atom. The van der Waals surface area contributed by atoms with Crippen LogP contribution in [0.25, 0.3) is 12.2 Å². The van der Waals surface area contributed by atoms with Gasteiger partial charge < -0.3 is 0 Å². The van der Waals surface area contributed by atoms with Crippen molar-refractivity contribution in [1.82, 2.24) is 9.97 Å². The molecule has 5 nitrogen and oxygen atoms in total. The first-order valence-corrected chi connectivity index (χ1v) is 5.86. The Labute approximate surface area is 114 Å². The van der Waals surface area contributed by atoms with Gasteiger partial charge in [-0.1, -0.05) is 29.8 Å². The minimum absolute atomic E-state index is 0.0466. The van der Waals surface area contributed by atoms with Gasteiger partial charge in [-0.3, -0.25) is 10.1 Å². The summed E-state index contributed by atoms with van der Waals surface area (Å²) in [6, 6.07) is 7.97. The van der Waals surface area contributed by atoms with Crippen LogP contribution in [0.15, 0.2) is 30.3 Å². The molecule has 0 bridgehead atoms. The van der Waals surface area contributed by atoms with E-state index in [0.717, 1.165) is 5.69 Å². The maximum absolute atomic E-state index is 10.7. The minimum atomic E-state index is -0.433. The fourth-order valence-electron chi connectivity index (χ4n) is 1.54. The molecule has 0 saturated carbocycles. The molecule has 0 atom stereocenters. The molecule has 0 unspecified atom stereocenters. The highest BCUT2D eigenvalue weighted by molar-refractivity contribution is 6.29. The van der Waals surface area contributed by atoms with Crippen molar-refractivity contribution in [3.05, 3.63) is 62.7 Å². The predicted molar refractivity (Wildman–Crippen MR) is 73.8 cm³/mol. The Morgan fingerprint density at radius 2 is 2.05 bits per heavy atom. The molecule has 2 aromatic rings. The molecule has 0 aliphatic carbocycles. The molecule has 1 aromatic carbocycles. The molecular weight excluding hydrogens is 266 g/mol. The second kappa shape index (κ2) is 5.58. The van der Waals surface area contributed by atoms with Crippen LogP contribution in [0.4, 0.5) is 5.69 Å². The van der Waals surface area contributed by atoms with E-state index in [-0.39, 0.29) is 5.69 Å². The third-order valence-corrected chi connectivity index (χ3v) is 2.54. The Balaban J connectivity index is 2.27. The Bertz CT molecular complexity index is 636. The van der Waals surface area contributed by atoms with E-state index in [1.807, 2.05) is 6.92 Å². The highest BCUT2D eigenvalue weighted by atomic mass is 35.5. The number of hydrogen-bond acceptors (Lipinski definition) is 4. The van der Waals surface area contributed by atoms with E-state index < -0.39 is 4.92 Å². The fourth-order valence-corrected chi connectivity index (χ4v) is 1.78. The molecule has 0 N–H and O–H groups in total. The average molecular weight is 276 g/mol. The number of non-ortho nitro benzene ring substituents is 1. The number of nitro groups is 1. The van der Waals surface area contributed by atoms with Crippen LogP contribution in [-0.4, -0.2) is 14.9 Å². The first-order valence-electron chi connectivity index (χ1n) is 5.48. The lowest BCUT2D eigenvalue weighted by Gasteiger charge is -1.97. The number of nitrogens with zero attached hydrogens (tertiary/aromatic N) is 3. The molecule has 0 aliphatic heterocycles. The highest BCUT2D eigenvalue weighted by Crippen LogP contribution is 2.15. The molecule has 0 fully saturated rings. The summed E-state index contributed by atoms with van der Waals surface area (Å²) in [6.07, 6.45) is 3.37. The largest absolute Gasteiger partial charge is 0.270 e. The van der Waals surface area contributed by atoms with Crippen molar-refractivity contribution >= 4 is 29.4 Å². The number of halogens is 1. The predicted octanol–water partition coefficient (Wildman–Crippen LogP) is 3.52. The molecule has 1 aromatic heterocycles. The number of hydrogen-bond donors (Lipinski definition) is 0. The summed E-state index contributed by atoms with van der Waals surface area (Å²) in [7, 11) is 0. The highest BCUT2D eigenvalue weighted by Gasteiger charge is 2.03. The molecule has 0 saturated heterocycles. The number of benzene rings is 1. The second-order valence-corrected chi connectivity index (χ2v) is 4.26. The van der Waals surface area contributed by atoms with Crippen LogP contribution in [0.2, 0.25) is 5.15 Å². The standard InChI is InChI=1S/C13H10ClN3O2/c1-9-7-12(14)16-13(15-9)6-5-10-3-2-4-11(8-10)17(18)19/h2-8H,1H3. The molecule has 0 amide bonds. The van der Waals surface area contributed by atoms with Gasteiger partial charge in [0.2, 0.25) is 0 Å². The van der Waals surface area contributed by atoms with Crippen LogP contribution >= 0.6 is 11.6 Å². The molecule has 0 spiro atoms. The fraction of sp³-hybridized carbons (Fsp3) is 0.0769. The molecule has 96 valence electrons. The summed E-state index contributed by atoms with van der Waals surface area (Å²) >= 11 is 5.82. The average Bonchev–Trinajstić information content (AvgIpc) is 2.35. The quantitative estimate of drug-likeness (QED) is 0.488. The van der Waals surface area contributed by atoms with E-state index in [9.17, 15) is 10.1 Å². The summed E-state index contributed by atoms with van der Waals surface area (Å²) in [4.78, 5) is 18.5. The van der Waals surface area contributed by atoms with Gasteiger partial charge in [-0.05, 0) is 24.6 Å². The smallest absolute Gasteiger partial charge is 0.258 e. The van der Waals surface area contributed by atoms with Crippen molar-refractivity contribution in [2.45, 2.75) is 6.92 Å². The number of rotatable bonds is 3. The van der Waals surface area contributed by atoms with Crippen molar-refractivity contribution in [2.75, 3.05) is 0 Å². The molecular formula is C13H10ClN3O2. The summed E-state index contributed by atoms with van der Waals surface area (Å²) in [5, 5.41) is 11.0. The maximum Gasteiger partial charge on any atom is 0.270 e. The van der Waals surface area contributed by atoms with Crippen molar-refractivity contribution in [3.8, 4) is 0 Å². The van der Waals surface area contributed by atoms with E-state index in [4.69, 9.17) is 11.6 Å². The van der Waals surface area contributed by atoms with Crippen molar-refractivity contribution in [1.29, 1.82) is 0 Å². The lowest BCUT2D eigenvalue weighted by Crippen LogP contribution is -1.91. The van der Waals surface area contributed by atoms with Gasteiger partial charge in [0, 0.05) is 17.8 Å².